The second-order valence-corrected chi connectivity index (χ2v) is 25.3. The zero-order valence-electron chi connectivity index (χ0n) is 49.8. The molecule has 0 amide bonds. The van der Waals surface area contributed by atoms with Crippen molar-refractivity contribution >= 4 is 101 Å². The Morgan fingerprint density at radius 3 is 1.14 bits per heavy atom. The average molecular weight is 1290 g/mol. The summed E-state index contributed by atoms with van der Waals surface area (Å²) in [7, 11) is 0. The molecule has 0 aliphatic heterocycles. The van der Waals surface area contributed by atoms with Crippen molar-refractivity contribution in [2.75, 3.05) is 0 Å². The molecule has 0 unspecified atom stereocenters. The molecule has 1 N–H and O–H groups in total. The van der Waals surface area contributed by atoms with E-state index in [0.717, 1.165) is 43.5 Å². The van der Waals surface area contributed by atoms with Gasteiger partial charge in [-0.3, -0.25) is 0 Å². The Balaban J connectivity index is 0.000000122. The summed E-state index contributed by atoms with van der Waals surface area (Å²) in [6.07, 6.45) is 4.19. The van der Waals surface area contributed by atoms with Crippen molar-refractivity contribution in [3.8, 4) is 96.3 Å². The molecule has 18 aromatic rings. The smallest absolute Gasteiger partial charge is 0.164 e. The first-order valence-corrected chi connectivity index (χ1v) is 33.0. The van der Waals surface area contributed by atoms with Gasteiger partial charge in [-0.2, -0.15) is 0 Å². The lowest BCUT2D eigenvalue weighted by Gasteiger charge is -2.11. The molecule has 0 fully saturated rings. The topological polar surface area (TPSA) is 98.1 Å². The molecule has 6 heterocycles. The van der Waals surface area contributed by atoms with E-state index in [1.54, 1.807) is 0 Å². The van der Waals surface area contributed by atoms with Crippen molar-refractivity contribution in [3.05, 3.63) is 320 Å². The van der Waals surface area contributed by atoms with Crippen LogP contribution < -0.4 is 0 Å². The molecule has 11 heteroatoms. The van der Waals surface area contributed by atoms with Crippen LogP contribution in [0.3, 0.4) is 0 Å². The van der Waals surface area contributed by atoms with Gasteiger partial charge in [-0.05, 0) is 58.7 Å². The lowest BCUT2D eigenvalue weighted by molar-refractivity contribution is 1.07. The van der Waals surface area contributed by atoms with Gasteiger partial charge in [0.05, 0.1) is 20.4 Å². The van der Waals surface area contributed by atoms with Gasteiger partial charge in [-0.25, -0.2) is 29.9 Å². The fourth-order valence-corrected chi connectivity index (χ4v) is 15.2. The minimum atomic E-state index is 0.644. The van der Waals surface area contributed by atoms with E-state index < -0.39 is 0 Å². The van der Waals surface area contributed by atoms with Crippen LogP contribution in [0.4, 0.5) is 0 Å². The Morgan fingerprint density at radius 2 is 0.667 bits per heavy atom. The molecular weight excluding hydrogens is 1240 g/mol. The van der Waals surface area contributed by atoms with E-state index in [1.807, 2.05) is 174 Å². The van der Waals surface area contributed by atoms with E-state index in [0.29, 0.717) is 34.9 Å². The maximum Gasteiger partial charge on any atom is 0.164 e. The van der Waals surface area contributed by atoms with Crippen LogP contribution in [-0.2, 0) is 0 Å². The van der Waals surface area contributed by atoms with Crippen LogP contribution in [0.2, 0.25) is 0 Å². The average Bonchev–Trinajstić information content (AvgIpc) is 1.62. The molecule has 18 rings (SSSR count). The second-order valence-electron chi connectivity index (χ2n) is 22.4. The standard InChI is InChI=1S/C41H26N4S.C21H14BrN3.C20H13NS/c1-4-12-27(13-5-1)33-20-11-21-34-35-23-22-28-24-25-45(36(28)38(35)46-37(33)34)32-19-10-18-31(26-32)41-43-39(29-14-6-2-7-15-29)42-40(44-41)30-16-8-3-9-17-30;22-18-13-7-12-17(14-18)21-24-19(15-8-3-1-4-9-15)23-20(25-21)16-10-5-2-6-11-16;1-2-5-13(6-3-1)15-7-4-8-16-17-10-9-14-11-12-21-18(14)20(17)22-19(15)16/h1-26H;1-14H;1-12,21H. The first-order chi connectivity index (χ1) is 46.0. The van der Waals surface area contributed by atoms with Gasteiger partial charge in [-0.15, -0.1) is 22.7 Å². The summed E-state index contributed by atoms with van der Waals surface area (Å²) in [5.74, 6) is 3.96. The summed E-state index contributed by atoms with van der Waals surface area (Å²) in [5.41, 5.74) is 14.4. The van der Waals surface area contributed by atoms with Crippen molar-refractivity contribution in [3.63, 3.8) is 0 Å². The van der Waals surface area contributed by atoms with Gasteiger partial charge in [-0.1, -0.05) is 283 Å². The van der Waals surface area contributed by atoms with Gasteiger partial charge in [0.15, 0.2) is 34.9 Å². The number of nitrogens with one attached hydrogen (secondary N) is 1. The molecule has 0 saturated carbocycles. The quantitative estimate of drug-likeness (QED) is 0.155. The SMILES string of the molecule is Brc1cccc(-c2nc(-c3ccccc3)nc(-c3ccccc3)n2)c1.c1ccc(-c2cccc3c2sc2c3ccc3cc[nH]c32)cc1.c1ccc(-c2nc(-c3ccccc3)nc(-c3cccc(-n4ccc5ccc6c7cccc(-c8ccccc8)c7sc6c54)c3)n2)cc1. The van der Waals surface area contributed by atoms with E-state index >= 15 is 0 Å². The highest BCUT2D eigenvalue weighted by atomic mass is 79.9. The Hall–Kier alpha value is -11.3. The number of nitrogens with zero attached hydrogens (tertiary/aromatic N) is 7. The monoisotopic (exact) mass is 1290 g/mol. The molecule has 0 aliphatic carbocycles. The number of H-pyrrole nitrogens is 1. The van der Waals surface area contributed by atoms with Crippen molar-refractivity contribution < 1.29 is 0 Å². The zero-order chi connectivity index (χ0) is 62.0. The van der Waals surface area contributed by atoms with Crippen molar-refractivity contribution in [1.29, 1.82) is 0 Å². The largest absolute Gasteiger partial charge is 0.360 e. The van der Waals surface area contributed by atoms with Gasteiger partial charge < -0.3 is 9.55 Å². The first kappa shape index (κ1) is 56.9. The van der Waals surface area contributed by atoms with E-state index in [4.69, 9.17) is 24.9 Å². The normalized spacial score (nSPS) is 11.3. The van der Waals surface area contributed by atoms with Crippen LogP contribution in [0.25, 0.3) is 158 Å². The van der Waals surface area contributed by atoms with Gasteiger partial charge >= 0.3 is 0 Å². The molecule has 0 bridgehead atoms. The van der Waals surface area contributed by atoms with Crippen LogP contribution in [0, 0.1) is 0 Å². The summed E-state index contributed by atoms with van der Waals surface area (Å²) < 4.78 is 8.60. The third-order valence-electron chi connectivity index (χ3n) is 16.5. The highest BCUT2D eigenvalue weighted by Crippen LogP contribution is 2.45. The molecule has 93 heavy (non-hydrogen) atoms. The molecule has 12 aromatic carbocycles. The van der Waals surface area contributed by atoms with E-state index in [1.165, 1.54) is 84.4 Å². The number of fused-ring (bicyclic) bond motifs is 10. The lowest BCUT2D eigenvalue weighted by atomic mass is 10.0. The summed E-state index contributed by atoms with van der Waals surface area (Å²) in [6, 6.07) is 105. The maximum atomic E-state index is 4.97. The summed E-state index contributed by atoms with van der Waals surface area (Å²) in [6.45, 7) is 0. The van der Waals surface area contributed by atoms with Crippen LogP contribution in [0.1, 0.15) is 0 Å². The number of hydrogen-bond donors (Lipinski definition) is 1. The minimum absolute atomic E-state index is 0.644. The van der Waals surface area contributed by atoms with E-state index in [9.17, 15) is 0 Å². The molecule has 0 saturated heterocycles. The Labute approximate surface area is 552 Å². The Kier molecular flexibility index (Phi) is 15.4. The zero-order valence-corrected chi connectivity index (χ0v) is 53.1. The summed E-state index contributed by atoms with van der Waals surface area (Å²) in [5, 5.41) is 7.74. The number of aromatic amines is 1. The third-order valence-corrected chi connectivity index (χ3v) is 19.6. The van der Waals surface area contributed by atoms with Crippen LogP contribution in [-0.4, -0.2) is 39.5 Å². The Morgan fingerprint density at radius 1 is 0.290 bits per heavy atom. The van der Waals surface area contributed by atoms with E-state index in [-0.39, 0.29) is 0 Å². The number of halogens is 1. The first-order valence-electron chi connectivity index (χ1n) is 30.6. The molecule has 0 radical (unpaired) electrons. The van der Waals surface area contributed by atoms with Crippen LogP contribution in [0.15, 0.2) is 320 Å². The van der Waals surface area contributed by atoms with Crippen molar-refractivity contribution in [2.45, 2.75) is 0 Å². The molecule has 0 aliphatic rings. The number of rotatable bonds is 9. The van der Waals surface area contributed by atoms with Crippen molar-refractivity contribution in [2.24, 2.45) is 0 Å². The number of aromatic nitrogens is 8. The highest BCUT2D eigenvalue weighted by Gasteiger charge is 2.19. The fourth-order valence-electron chi connectivity index (χ4n) is 12.1. The number of thiophene rings is 2. The van der Waals surface area contributed by atoms with Crippen LogP contribution >= 0.6 is 38.6 Å². The van der Waals surface area contributed by atoms with E-state index in [2.05, 4.69) is 194 Å². The third kappa shape index (κ3) is 11.4. The lowest BCUT2D eigenvalue weighted by Crippen LogP contribution is -2.00. The number of hydrogen-bond acceptors (Lipinski definition) is 8. The van der Waals surface area contributed by atoms with Gasteiger partial charge in [0.1, 0.15) is 0 Å². The van der Waals surface area contributed by atoms with Crippen molar-refractivity contribution in [1.82, 2.24) is 39.5 Å². The molecule has 8 nitrogen and oxygen atoms in total. The molecule has 6 aromatic heterocycles. The van der Waals surface area contributed by atoms with Gasteiger partial charge in [0.2, 0.25) is 0 Å². The number of benzene rings is 12. The minimum Gasteiger partial charge on any atom is -0.360 e. The molecule has 440 valence electrons. The maximum absolute atomic E-state index is 4.97. The predicted molar refractivity (Wildman–Crippen MR) is 392 cm³/mol. The molecule has 0 spiro atoms. The van der Waals surface area contributed by atoms with Gasteiger partial charge in [0.25, 0.3) is 0 Å². The summed E-state index contributed by atoms with van der Waals surface area (Å²) >= 11 is 7.27. The Bertz CT molecular complexity index is 5580. The van der Waals surface area contributed by atoms with Gasteiger partial charge in [0, 0.05) is 97.7 Å². The highest BCUT2D eigenvalue weighted by molar-refractivity contribution is 9.10. The second kappa shape index (κ2) is 25.1. The predicted octanol–water partition coefficient (Wildman–Crippen LogP) is 22.7. The van der Waals surface area contributed by atoms with Crippen LogP contribution in [0.5, 0.6) is 0 Å². The summed E-state index contributed by atoms with van der Waals surface area (Å²) in [4.78, 5) is 32.3. The molecule has 0 atom stereocenters. The fraction of sp³-hybridized carbons (Fsp3) is 0. The molecular formula is C82H53BrN8S2.